The van der Waals surface area contributed by atoms with Crippen molar-refractivity contribution in [1.82, 2.24) is 15.1 Å². The summed E-state index contributed by atoms with van der Waals surface area (Å²) in [5.74, 6) is 0.627. The highest BCUT2D eigenvalue weighted by molar-refractivity contribution is 6.39. The van der Waals surface area contributed by atoms with Crippen molar-refractivity contribution in [2.45, 2.75) is 25.7 Å². The Labute approximate surface area is 217 Å². The number of nitrogens with zero attached hydrogens (tertiary/aromatic N) is 4. The molecule has 1 aliphatic carbocycles. The lowest BCUT2D eigenvalue weighted by Gasteiger charge is -2.39. The predicted octanol–water partition coefficient (Wildman–Crippen LogP) is 6.63. The van der Waals surface area contributed by atoms with E-state index in [2.05, 4.69) is 38.2 Å². The standard InChI is InChI=1S/C27H22Cl2N4O3/c1-14-8-23(27(34)35)31-22-7-5-17(9-19(14)22)33-12-15(13-33)2-6-18-25(32-36-26(18)16-3-4-16)24-20(28)10-30-11-21(24)29/h2,5-11,15-16H,3-4,12-13H2,1H3,(H,34,35)/b6-2+. The zero-order valence-electron chi connectivity index (χ0n) is 19.4. The van der Waals surface area contributed by atoms with Crippen LogP contribution >= 0.6 is 23.2 Å². The van der Waals surface area contributed by atoms with Gasteiger partial charge < -0.3 is 14.5 Å². The molecule has 0 unspecified atom stereocenters. The summed E-state index contributed by atoms with van der Waals surface area (Å²) in [7, 11) is 0. The Morgan fingerprint density at radius 3 is 2.61 bits per heavy atom. The van der Waals surface area contributed by atoms with Crippen LogP contribution in [0.2, 0.25) is 10.0 Å². The number of hydrogen-bond donors (Lipinski definition) is 1. The van der Waals surface area contributed by atoms with E-state index in [9.17, 15) is 9.90 Å². The topological polar surface area (TPSA) is 92.3 Å². The van der Waals surface area contributed by atoms with Crippen LogP contribution in [-0.4, -0.2) is 39.3 Å². The van der Waals surface area contributed by atoms with Gasteiger partial charge in [-0.25, -0.2) is 9.78 Å². The van der Waals surface area contributed by atoms with Gasteiger partial charge in [-0.2, -0.15) is 0 Å². The summed E-state index contributed by atoms with van der Waals surface area (Å²) in [4.78, 5) is 21.9. The number of hydrogen-bond acceptors (Lipinski definition) is 6. The third kappa shape index (κ3) is 4.12. The highest BCUT2D eigenvalue weighted by Gasteiger charge is 2.33. The molecule has 0 radical (unpaired) electrons. The van der Waals surface area contributed by atoms with Crippen molar-refractivity contribution in [3.63, 3.8) is 0 Å². The fourth-order valence-electron chi connectivity index (χ4n) is 4.69. The van der Waals surface area contributed by atoms with E-state index in [-0.39, 0.29) is 5.69 Å². The maximum Gasteiger partial charge on any atom is 0.354 e. The van der Waals surface area contributed by atoms with Crippen LogP contribution in [0.5, 0.6) is 0 Å². The largest absolute Gasteiger partial charge is 0.477 e. The molecule has 4 heterocycles. The number of anilines is 1. The van der Waals surface area contributed by atoms with Gasteiger partial charge in [0.2, 0.25) is 0 Å². The first kappa shape index (κ1) is 23.0. The SMILES string of the molecule is Cc1cc(C(=O)O)nc2ccc(N3CC(/C=C/c4c(-c5c(Cl)cncc5Cl)noc4C4CC4)C3)cc12. The van der Waals surface area contributed by atoms with E-state index in [0.717, 1.165) is 53.9 Å². The molecular weight excluding hydrogens is 499 g/mol. The number of aromatic carboxylic acids is 1. The molecule has 0 spiro atoms. The van der Waals surface area contributed by atoms with Crippen LogP contribution in [0.4, 0.5) is 5.69 Å². The Balaban J connectivity index is 1.22. The average molecular weight is 521 g/mol. The monoisotopic (exact) mass is 520 g/mol. The maximum absolute atomic E-state index is 11.3. The van der Waals surface area contributed by atoms with Gasteiger partial charge in [0, 0.05) is 59.5 Å². The number of aryl methyl sites for hydroxylation is 1. The Bertz CT molecular complexity index is 1520. The second-order valence-electron chi connectivity index (χ2n) is 9.42. The van der Waals surface area contributed by atoms with Gasteiger partial charge in [0.15, 0.2) is 0 Å². The number of halogens is 2. The molecule has 3 aromatic heterocycles. The quantitative estimate of drug-likeness (QED) is 0.305. The summed E-state index contributed by atoms with van der Waals surface area (Å²) in [6.07, 6.45) is 9.61. The molecule has 182 valence electrons. The van der Waals surface area contributed by atoms with Crippen LogP contribution in [0, 0.1) is 12.8 Å². The molecule has 1 saturated heterocycles. The Kier molecular flexibility index (Phi) is 5.69. The average Bonchev–Trinajstić information content (AvgIpc) is 3.59. The van der Waals surface area contributed by atoms with Gasteiger partial charge in [0.1, 0.15) is 17.1 Å². The Morgan fingerprint density at radius 1 is 1.17 bits per heavy atom. The Morgan fingerprint density at radius 2 is 1.92 bits per heavy atom. The minimum Gasteiger partial charge on any atom is -0.477 e. The van der Waals surface area contributed by atoms with Crippen LogP contribution in [0.3, 0.4) is 0 Å². The third-order valence-electron chi connectivity index (χ3n) is 6.82. The van der Waals surface area contributed by atoms with Gasteiger partial charge in [-0.1, -0.05) is 40.5 Å². The van der Waals surface area contributed by atoms with Crippen molar-refractivity contribution in [2.75, 3.05) is 18.0 Å². The summed E-state index contributed by atoms with van der Waals surface area (Å²) >= 11 is 12.8. The van der Waals surface area contributed by atoms with Gasteiger partial charge in [-0.15, -0.1) is 0 Å². The number of aromatic nitrogens is 3. The van der Waals surface area contributed by atoms with Crippen molar-refractivity contribution in [3.8, 4) is 11.3 Å². The maximum atomic E-state index is 11.3. The molecule has 1 aliphatic heterocycles. The Hall–Kier alpha value is -3.42. The minimum atomic E-state index is -1.02. The van der Waals surface area contributed by atoms with Crippen LogP contribution in [-0.2, 0) is 0 Å². The van der Waals surface area contributed by atoms with Gasteiger partial charge in [-0.05, 0) is 49.6 Å². The second-order valence-corrected chi connectivity index (χ2v) is 10.2. The molecule has 1 saturated carbocycles. The molecule has 1 aromatic carbocycles. The lowest BCUT2D eigenvalue weighted by Crippen LogP contribution is -2.45. The number of carbonyl (C=O) groups is 1. The fourth-order valence-corrected chi connectivity index (χ4v) is 5.24. The normalized spacial score (nSPS) is 16.1. The minimum absolute atomic E-state index is 0.0647. The van der Waals surface area contributed by atoms with Crippen LogP contribution in [0.15, 0.2) is 47.3 Å². The van der Waals surface area contributed by atoms with Gasteiger partial charge in [0.25, 0.3) is 0 Å². The fraction of sp³-hybridized carbons (Fsp3) is 0.259. The summed E-state index contributed by atoms with van der Waals surface area (Å²) in [6, 6.07) is 7.59. The molecule has 1 N–H and O–H groups in total. The predicted molar refractivity (Wildman–Crippen MR) is 140 cm³/mol. The molecule has 0 bridgehead atoms. The second kappa shape index (κ2) is 8.91. The van der Waals surface area contributed by atoms with E-state index in [0.29, 0.717) is 38.7 Å². The molecule has 2 aliphatic rings. The first-order chi connectivity index (χ1) is 17.4. The third-order valence-corrected chi connectivity index (χ3v) is 7.40. The number of fused-ring (bicyclic) bond motifs is 1. The van der Waals surface area contributed by atoms with Gasteiger partial charge >= 0.3 is 5.97 Å². The van der Waals surface area contributed by atoms with E-state index in [1.165, 1.54) is 0 Å². The number of benzene rings is 1. The summed E-state index contributed by atoms with van der Waals surface area (Å²) in [5.41, 5.74) is 4.98. The van der Waals surface area contributed by atoms with Crippen LogP contribution in [0.25, 0.3) is 28.2 Å². The molecule has 9 heteroatoms. The summed E-state index contributed by atoms with van der Waals surface area (Å²) in [5, 5.41) is 15.4. The van der Waals surface area contributed by atoms with Gasteiger partial charge in [0.05, 0.1) is 15.6 Å². The molecule has 0 amide bonds. The van der Waals surface area contributed by atoms with Gasteiger partial charge in [-0.3, -0.25) is 4.98 Å². The molecule has 6 rings (SSSR count). The van der Waals surface area contributed by atoms with E-state index < -0.39 is 5.97 Å². The molecule has 4 aromatic rings. The lowest BCUT2D eigenvalue weighted by molar-refractivity contribution is 0.0691. The molecular formula is C27H22Cl2N4O3. The van der Waals surface area contributed by atoms with Crippen LogP contribution < -0.4 is 4.90 Å². The molecule has 7 nitrogen and oxygen atoms in total. The van der Waals surface area contributed by atoms with E-state index in [1.807, 2.05) is 19.1 Å². The summed E-state index contributed by atoms with van der Waals surface area (Å²) < 4.78 is 5.74. The van der Waals surface area contributed by atoms with Crippen LogP contribution in [0.1, 0.15) is 46.1 Å². The number of carboxylic acids is 1. The van der Waals surface area contributed by atoms with E-state index >= 15 is 0 Å². The number of carboxylic acid groups (broad SMARTS) is 1. The van der Waals surface area contributed by atoms with E-state index in [4.69, 9.17) is 27.7 Å². The first-order valence-corrected chi connectivity index (χ1v) is 12.5. The lowest BCUT2D eigenvalue weighted by atomic mass is 9.95. The number of rotatable bonds is 6. The first-order valence-electron chi connectivity index (χ1n) is 11.8. The number of pyridine rings is 2. The van der Waals surface area contributed by atoms with Crippen molar-refractivity contribution < 1.29 is 14.4 Å². The smallest absolute Gasteiger partial charge is 0.354 e. The molecule has 36 heavy (non-hydrogen) atoms. The zero-order chi connectivity index (χ0) is 25.0. The highest BCUT2D eigenvalue weighted by atomic mass is 35.5. The summed E-state index contributed by atoms with van der Waals surface area (Å²) in [6.45, 7) is 3.66. The molecule has 2 fully saturated rings. The van der Waals surface area contributed by atoms with Crippen molar-refractivity contribution in [1.29, 1.82) is 0 Å². The van der Waals surface area contributed by atoms with Crippen molar-refractivity contribution in [3.05, 3.63) is 75.4 Å². The zero-order valence-corrected chi connectivity index (χ0v) is 20.9. The van der Waals surface area contributed by atoms with Crippen molar-refractivity contribution >= 4 is 51.8 Å². The highest BCUT2D eigenvalue weighted by Crippen LogP contribution is 2.46. The van der Waals surface area contributed by atoms with Crippen molar-refractivity contribution in [2.24, 2.45) is 5.92 Å². The van der Waals surface area contributed by atoms with E-state index in [1.54, 1.807) is 18.5 Å². The molecule has 0 atom stereocenters.